The lowest BCUT2D eigenvalue weighted by Crippen LogP contribution is -2.35. The molecule has 1 heterocycles. The van der Waals surface area contributed by atoms with Crippen LogP contribution in [-0.4, -0.2) is 33.9 Å². The van der Waals surface area contributed by atoms with Crippen LogP contribution in [0.4, 0.5) is 10.1 Å². The third-order valence-corrected chi connectivity index (χ3v) is 3.88. The van der Waals surface area contributed by atoms with Crippen molar-refractivity contribution in [2.45, 2.75) is 39.9 Å². The largest absolute Gasteiger partial charge is 0.479 e. The fourth-order valence-corrected chi connectivity index (χ4v) is 2.27. The Bertz CT molecular complexity index is 802. The monoisotopic (exact) mass is 363 g/mol. The highest BCUT2D eigenvalue weighted by Gasteiger charge is 2.24. The van der Waals surface area contributed by atoms with E-state index >= 15 is 0 Å². The molecule has 0 spiro atoms. The number of rotatable bonds is 6. The van der Waals surface area contributed by atoms with Gasteiger partial charge in [0.15, 0.2) is 12.2 Å². The predicted octanol–water partition coefficient (Wildman–Crippen LogP) is 2.51. The van der Waals surface area contributed by atoms with Crippen LogP contribution < -0.4 is 10.1 Å². The molecule has 0 radical (unpaired) electrons. The molecule has 7 nitrogen and oxygen atoms in total. The molecule has 1 N–H and O–H groups in total. The Morgan fingerprint density at radius 2 is 1.77 bits per heavy atom. The molecule has 0 saturated heterocycles. The summed E-state index contributed by atoms with van der Waals surface area (Å²) in [5.74, 6) is -1.24. The highest BCUT2D eigenvalue weighted by atomic mass is 19.1. The molecule has 0 saturated carbocycles. The quantitative estimate of drug-likeness (QED) is 0.798. The molecule has 2 aromatic rings. The number of amides is 1. The first kappa shape index (κ1) is 19.4. The second-order valence-corrected chi connectivity index (χ2v) is 5.95. The summed E-state index contributed by atoms with van der Waals surface area (Å²) in [6.07, 6.45) is -1.96. The molecule has 0 fully saturated rings. The number of nitrogens with one attached hydrogen (secondary N) is 1. The Kier molecular flexibility index (Phi) is 5.97. The zero-order valence-electron chi connectivity index (χ0n) is 15.4. The van der Waals surface area contributed by atoms with Gasteiger partial charge < -0.3 is 14.8 Å². The van der Waals surface area contributed by atoms with Gasteiger partial charge in [-0.2, -0.15) is 5.10 Å². The Hall–Kier alpha value is -2.90. The maximum Gasteiger partial charge on any atom is 0.347 e. The maximum atomic E-state index is 12.9. The van der Waals surface area contributed by atoms with E-state index in [-0.39, 0.29) is 0 Å². The molecule has 140 valence electrons. The number of anilines is 1. The van der Waals surface area contributed by atoms with Crippen molar-refractivity contribution in [2.24, 2.45) is 7.05 Å². The van der Waals surface area contributed by atoms with Gasteiger partial charge in [-0.25, -0.2) is 9.18 Å². The van der Waals surface area contributed by atoms with Gasteiger partial charge in [-0.1, -0.05) is 0 Å². The molecular weight excluding hydrogens is 341 g/mol. The van der Waals surface area contributed by atoms with E-state index in [1.165, 1.54) is 38.1 Å². The van der Waals surface area contributed by atoms with Crippen LogP contribution in [0.2, 0.25) is 0 Å². The van der Waals surface area contributed by atoms with Gasteiger partial charge in [-0.3, -0.25) is 9.48 Å². The van der Waals surface area contributed by atoms with Crippen molar-refractivity contribution in [1.82, 2.24) is 9.78 Å². The summed E-state index contributed by atoms with van der Waals surface area (Å²) >= 11 is 0. The summed E-state index contributed by atoms with van der Waals surface area (Å²) in [5, 5.41) is 6.93. The van der Waals surface area contributed by atoms with Gasteiger partial charge >= 0.3 is 5.97 Å². The first-order chi connectivity index (χ1) is 12.2. The van der Waals surface area contributed by atoms with E-state index in [2.05, 4.69) is 10.4 Å². The van der Waals surface area contributed by atoms with Crippen LogP contribution in [0.5, 0.6) is 5.75 Å². The van der Waals surface area contributed by atoms with Crippen molar-refractivity contribution in [3.8, 4) is 5.75 Å². The van der Waals surface area contributed by atoms with Crippen molar-refractivity contribution in [2.75, 3.05) is 5.32 Å². The highest BCUT2D eigenvalue weighted by molar-refractivity contribution is 5.96. The standard InChI is InChI=1S/C18H22FN3O4/c1-10-16(11(2)22(5)21-10)20-17(23)12(3)26-18(24)13(4)25-15-8-6-14(19)7-9-15/h6-9,12-13H,1-5H3,(H,20,23)/t12-,13-/m1/s1. The molecule has 8 heteroatoms. The highest BCUT2D eigenvalue weighted by Crippen LogP contribution is 2.19. The number of aromatic nitrogens is 2. The van der Waals surface area contributed by atoms with Crippen molar-refractivity contribution in [3.05, 3.63) is 41.5 Å². The van der Waals surface area contributed by atoms with Crippen molar-refractivity contribution in [3.63, 3.8) is 0 Å². The number of aryl methyl sites for hydroxylation is 2. The molecule has 0 aliphatic carbocycles. The Morgan fingerprint density at radius 1 is 1.15 bits per heavy atom. The number of nitrogens with zero attached hydrogens (tertiary/aromatic N) is 2. The smallest absolute Gasteiger partial charge is 0.347 e. The summed E-state index contributed by atoms with van der Waals surface area (Å²) in [7, 11) is 1.77. The van der Waals surface area contributed by atoms with Crippen LogP contribution in [0.1, 0.15) is 25.2 Å². The van der Waals surface area contributed by atoms with E-state index < -0.39 is 29.9 Å². The molecule has 2 rings (SSSR count). The minimum atomic E-state index is -1.01. The second kappa shape index (κ2) is 7.99. The molecular formula is C18H22FN3O4. The molecule has 1 aromatic carbocycles. The van der Waals surface area contributed by atoms with E-state index in [9.17, 15) is 14.0 Å². The zero-order valence-corrected chi connectivity index (χ0v) is 15.4. The van der Waals surface area contributed by atoms with Gasteiger partial charge in [-0.15, -0.1) is 0 Å². The third kappa shape index (κ3) is 4.59. The fourth-order valence-electron chi connectivity index (χ4n) is 2.27. The lowest BCUT2D eigenvalue weighted by molar-refractivity contribution is -0.159. The zero-order chi connectivity index (χ0) is 19.4. The van der Waals surface area contributed by atoms with Gasteiger partial charge in [0.2, 0.25) is 0 Å². The summed E-state index contributed by atoms with van der Waals surface area (Å²) < 4.78 is 25.1. The number of ether oxygens (including phenoxy) is 2. The number of hydrogen-bond acceptors (Lipinski definition) is 5. The Balaban J connectivity index is 1.92. The van der Waals surface area contributed by atoms with Gasteiger partial charge in [0.1, 0.15) is 11.6 Å². The second-order valence-electron chi connectivity index (χ2n) is 5.95. The maximum absolute atomic E-state index is 12.9. The van der Waals surface area contributed by atoms with Crippen LogP contribution in [0.15, 0.2) is 24.3 Å². The molecule has 0 unspecified atom stereocenters. The Labute approximate surface area is 151 Å². The topological polar surface area (TPSA) is 82.5 Å². The van der Waals surface area contributed by atoms with Crippen molar-refractivity contribution < 1.29 is 23.5 Å². The lowest BCUT2D eigenvalue weighted by Gasteiger charge is -2.18. The first-order valence-corrected chi connectivity index (χ1v) is 8.12. The molecule has 2 atom stereocenters. The van der Waals surface area contributed by atoms with Crippen LogP contribution in [-0.2, 0) is 21.4 Å². The van der Waals surface area contributed by atoms with Crippen molar-refractivity contribution in [1.29, 1.82) is 0 Å². The van der Waals surface area contributed by atoms with Crippen molar-refractivity contribution >= 4 is 17.6 Å². The molecule has 26 heavy (non-hydrogen) atoms. The average Bonchev–Trinajstić information content (AvgIpc) is 2.82. The molecule has 0 aliphatic rings. The van der Waals surface area contributed by atoms with E-state index in [0.717, 1.165) is 5.69 Å². The molecule has 0 aliphatic heterocycles. The fraction of sp³-hybridized carbons (Fsp3) is 0.389. The summed E-state index contributed by atoms with van der Waals surface area (Å²) in [6.45, 7) is 6.56. The first-order valence-electron chi connectivity index (χ1n) is 8.12. The minimum absolute atomic E-state index is 0.328. The SMILES string of the molecule is Cc1nn(C)c(C)c1NC(=O)[C@@H](C)OC(=O)[C@@H](C)Oc1ccc(F)cc1. The van der Waals surface area contributed by atoms with E-state index in [0.29, 0.717) is 17.1 Å². The Morgan fingerprint density at radius 3 is 2.31 bits per heavy atom. The predicted molar refractivity (Wildman–Crippen MR) is 93.4 cm³/mol. The normalized spacial score (nSPS) is 13.0. The third-order valence-electron chi connectivity index (χ3n) is 3.88. The van der Waals surface area contributed by atoms with Gasteiger partial charge in [0.05, 0.1) is 17.1 Å². The average molecular weight is 363 g/mol. The molecule has 1 amide bonds. The van der Waals surface area contributed by atoms with Gasteiger partial charge in [0, 0.05) is 7.05 Å². The number of carbonyl (C=O) groups is 2. The molecule has 1 aromatic heterocycles. The summed E-state index contributed by atoms with van der Waals surface area (Å²) in [4.78, 5) is 24.4. The number of benzene rings is 1. The van der Waals surface area contributed by atoms with E-state index in [4.69, 9.17) is 9.47 Å². The number of esters is 1. The van der Waals surface area contributed by atoms with E-state index in [1.807, 2.05) is 6.92 Å². The van der Waals surface area contributed by atoms with Crippen LogP contribution in [0.3, 0.4) is 0 Å². The van der Waals surface area contributed by atoms with E-state index in [1.54, 1.807) is 18.7 Å². The minimum Gasteiger partial charge on any atom is -0.479 e. The van der Waals surface area contributed by atoms with Gasteiger partial charge in [-0.05, 0) is 52.0 Å². The molecule has 0 bridgehead atoms. The van der Waals surface area contributed by atoms with Crippen LogP contribution in [0, 0.1) is 19.7 Å². The lowest BCUT2D eigenvalue weighted by atomic mass is 10.3. The summed E-state index contributed by atoms with van der Waals surface area (Å²) in [6, 6.07) is 5.26. The van der Waals surface area contributed by atoms with Crippen LogP contribution >= 0.6 is 0 Å². The van der Waals surface area contributed by atoms with Crippen LogP contribution in [0.25, 0.3) is 0 Å². The number of hydrogen-bond donors (Lipinski definition) is 1. The van der Waals surface area contributed by atoms with Gasteiger partial charge in [0.25, 0.3) is 5.91 Å². The number of carbonyl (C=O) groups excluding carboxylic acids is 2. The summed E-state index contributed by atoms with van der Waals surface area (Å²) in [5.41, 5.74) is 2.06. The number of halogens is 1.